The van der Waals surface area contributed by atoms with E-state index in [9.17, 15) is 4.79 Å². The summed E-state index contributed by atoms with van der Waals surface area (Å²) in [5.74, 6) is -0.918. The molecule has 0 aliphatic rings. The number of hydrogen-bond acceptors (Lipinski definition) is 3. The van der Waals surface area contributed by atoms with Crippen molar-refractivity contribution in [2.45, 2.75) is 12.5 Å². The summed E-state index contributed by atoms with van der Waals surface area (Å²) in [7, 11) is 0. The van der Waals surface area contributed by atoms with Crippen LogP contribution in [0.2, 0.25) is 0 Å². The summed E-state index contributed by atoms with van der Waals surface area (Å²) >= 11 is 0. The lowest BCUT2D eigenvalue weighted by molar-refractivity contribution is -0.138. The van der Waals surface area contributed by atoms with Crippen LogP contribution < -0.4 is 5.73 Å². The van der Waals surface area contributed by atoms with Crippen molar-refractivity contribution in [1.29, 1.82) is 0 Å². The Balaban J connectivity index is 0.00000169. The second kappa shape index (κ2) is 5.47. The standard InChI is InChI=1S/C9H11NO3.ClH/c10-8(9(12)13)5-6-2-1-3-7(11)4-6;/h1-4,8,11H,5,10H2,(H,12,13);1H. The van der Waals surface area contributed by atoms with Crippen LogP contribution in [0.15, 0.2) is 24.3 Å². The van der Waals surface area contributed by atoms with Gasteiger partial charge in [-0.1, -0.05) is 12.1 Å². The Bertz CT molecular complexity index is 317. The lowest BCUT2D eigenvalue weighted by Gasteiger charge is -2.05. The van der Waals surface area contributed by atoms with Gasteiger partial charge < -0.3 is 15.9 Å². The molecule has 0 aromatic heterocycles. The molecular formula is C9H12ClNO3. The van der Waals surface area contributed by atoms with E-state index in [4.69, 9.17) is 15.9 Å². The minimum absolute atomic E-state index is 0. The van der Waals surface area contributed by atoms with Crippen LogP contribution in [0.3, 0.4) is 0 Å². The smallest absolute Gasteiger partial charge is 0.320 e. The van der Waals surface area contributed by atoms with Gasteiger partial charge in [-0.05, 0) is 24.1 Å². The van der Waals surface area contributed by atoms with Gasteiger partial charge in [0.2, 0.25) is 0 Å². The number of aliphatic carboxylic acids is 1. The summed E-state index contributed by atoms with van der Waals surface area (Å²) in [5.41, 5.74) is 6.03. The van der Waals surface area contributed by atoms with E-state index in [2.05, 4.69) is 0 Å². The molecule has 0 saturated carbocycles. The van der Waals surface area contributed by atoms with Gasteiger partial charge in [-0.3, -0.25) is 4.79 Å². The van der Waals surface area contributed by atoms with E-state index in [0.29, 0.717) is 0 Å². The highest BCUT2D eigenvalue weighted by Crippen LogP contribution is 2.11. The van der Waals surface area contributed by atoms with Crippen LogP contribution in [0.4, 0.5) is 0 Å². The number of aromatic hydroxyl groups is 1. The molecule has 1 atom stereocenters. The molecule has 0 saturated heterocycles. The van der Waals surface area contributed by atoms with Crippen LogP contribution in [0, 0.1) is 0 Å². The largest absolute Gasteiger partial charge is 0.508 e. The molecule has 0 bridgehead atoms. The third-order valence-corrected chi connectivity index (χ3v) is 1.68. The summed E-state index contributed by atoms with van der Waals surface area (Å²) in [4.78, 5) is 10.4. The molecule has 0 fully saturated rings. The Labute approximate surface area is 87.8 Å². The quantitative estimate of drug-likeness (QED) is 0.698. The first-order valence-corrected chi connectivity index (χ1v) is 3.86. The van der Waals surface area contributed by atoms with Gasteiger partial charge in [0, 0.05) is 0 Å². The number of carboxylic acids is 1. The predicted octanol–water partition coefficient (Wildman–Crippen LogP) is 0.768. The number of phenols is 1. The second-order valence-corrected chi connectivity index (χ2v) is 2.82. The Morgan fingerprint density at radius 2 is 2.14 bits per heavy atom. The zero-order valence-corrected chi connectivity index (χ0v) is 8.20. The zero-order chi connectivity index (χ0) is 9.84. The molecular weight excluding hydrogens is 206 g/mol. The van der Waals surface area contributed by atoms with E-state index in [1.807, 2.05) is 0 Å². The van der Waals surface area contributed by atoms with E-state index < -0.39 is 12.0 Å². The van der Waals surface area contributed by atoms with E-state index >= 15 is 0 Å². The van der Waals surface area contributed by atoms with Crippen LogP contribution in [-0.4, -0.2) is 22.2 Å². The zero-order valence-electron chi connectivity index (χ0n) is 7.38. The van der Waals surface area contributed by atoms with Gasteiger partial charge in [0.05, 0.1) is 0 Å². The monoisotopic (exact) mass is 217 g/mol. The Hall–Kier alpha value is -1.26. The predicted molar refractivity (Wildman–Crippen MR) is 54.7 cm³/mol. The van der Waals surface area contributed by atoms with Crippen molar-refractivity contribution >= 4 is 18.4 Å². The van der Waals surface area contributed by atoms with Gasteiger partial charge >= 0.3 is 5.97 Å². The van der Waals surface area contributed by atoms with Crippen molar-refractivity contribution in [2.75, 3.05) is 0 Å². The summed E-state index contributed by atoms with van der Waals surface area (Å²) < 4.78 is 0. The molecule has 78 valence electrons. The van der Waals surface area contributed by atoms with Gasteiger partial charge in [0.25, 0.3) is 0 Å². The van der Waals surface area contributed by atoms with Crippen molar-refractivity contribution in [2.24, 2.45) is 5.73 Å². The summed E-state index contributed by atoms with van der Waals surface area (Å²) in [6.45, 7) is 0. The van der Waals surface area contributed by atoms with Crippen molar-refractivity contribution < 1.29 is 15.0 Å². The van der Waals surface area contributed by atoms with Crippen molar-refractivity contribution in [3.8, 4) is 5.75 Å². The molecule has 5 heteroatoms. The first kappa shape index (κ1) is 12.7. The van der Waals surface area contributed by atoms with Crippen LogP contribution in [0.1, 0.15) is 5.56 Å². The minimum atomic E-state index is -1.04. The maximum atomic E-state index is 10.4. The first-order chi connectivity index (χ1) is 6.09. The number of nitrogens with two attached hydrogens (primary N) is 1. The van der Waals surface area contributed by atoms with Gasteiger partial charge in [-0.25, -0.2) is 0 Å². The highest BCUT2D eigenvalue weighted by molar-refractivity contribution is 5.85. The van der Waals surface area contributed by atoms with E-state index in [-0.39, 0.29) is 24.6 Å². The van der Waals surface area contributed by atoms with Crippen LogP contribution >= 0.6 is 12.4 Å². The Morgan fingerprint density at radius 1 is 1.50 bits per heavy atom. The maximum absolute atomic E-state index is 10.4. The number of rotatable bonds is 3. The van der Waals surface area contributed by atoms with Gasteiger partial charge in [0.1, 0.15) is 11.8 Å². The SMILES string of the molecule is Cl.NC(Cc1cccc(O)c1)C(=O)O. The maximum Gasteiger partial charge on any atom is 0.320 e. The third kappa shape index (κ3) is 3.64. The van der Waals surface area contributed by atoms with Gasteiger partial charge in [0.15, 0.2) is 0 Å². The topological polar surface area (TPSA) is 83.5 Å². The Morgan fingerprint density at radius 3 is 2.64 bits per heavy atom. The molecule has 1 aromatic carbocycles. The van der Waals surface area contributed by atoms with E-state index in [1.165, 1.54) is 12.1 Å². The number of halogens is 1. The average Bonchev–Trinajstić information content (AvgIpc) is 2.04. The fraction of sp³-hybridized carbons (Fsp3) is 0.222. The molecule has 0 amide bonds. The van der Waals surface area contributed by atoms with Crippen LogP contribution in [0.5, 0.6) is 5.75 Å². The molecule has 1 aromatic rings. The lowest BCUT2D eigenvalue weighted by atomic mass is 10.1. The molecule has 4 nitrogen and oxygen atoms in total. The van der Waals surface area contributed by atoms with Crippen molar-refractivity contribution in [3.63, 3.8) is 0 Å². The van der Waals surface area contributed by atoms with Crippen molar-refractivity contribution in [1.82, 2.24) is 0 Å². The molecule has 0 aliphatic heterocycles. The number of hydrogen-bond donors (Lipinski definition) is 3. The average molecular weight is 218 g/mol. The molecule has 1 rings (SSSR count). The fourth-order valence-electron chi connectivity index (χ4n) is 1.02. The van der Waals surface area contributed by atoms with Crippen LogP contribution in [0.25, 0.3) is 0 Å². The molecule has 4 N–H and O–H groups in total. The summed E-state index contributed by atoms with van der Waals surface area (Å²) in [6.07, 6.45) is 0.226. The molecule has 1 unspecified atom stereocenters. The number of carbonyl (C=O) groups is 1. The van der Waals surface area contributed by atoms with E-state index in [1.54, 1.807) is 12.1 Å². The normalized spacial score (nSPS) is 11.5. The van der Waals surface area contributed by atoms with Gasteiger partial charge in [-0.2, -0.15) is 0 Å². The van der Waals surface area contributed by atoms with Gasteiger partial charge in [-0.15, -0.1) is 12.4 Å². The summed E-state index contributed by atoms with van der Waals surface area (Å²) in [5, 5.41) is 17.6. The molecule has 0 aliphatic carbocycles. The summed E-state index contributed by atoms with van der Waals surface area (Å²) in [6, 6.07) is 5.49. The third-order valence-electron chi connectivity index (χ3n) is 1.68. The number of carboxylic acid groups (broad SMARTS) is 1. The number of phenolic OH excluding ortho intramolecular Hbond substituents is 1. The highest BCUT2D eigenvalue weighted by Gasteiger charge is 2.11. The fourth-order valence-corrected chi connectivity index (χ4v) is 1.02. The molecule has 0 spiro atoms. The van der Waals surface area contributed by atoms with Crippen LogP contribution in [-0.2, 0) is 11.2 Å². The first-order valence-electron chi connectivity index (χ1n) is 3.86. The Kier molecular flexibility index (Phi) is 4.97. The molecule has 0 heterocycles. The second-order valence-electron chi connectivity index (χ2n) is 2.82. The lowest BCUT2D eigenvalue weighted by Crippen LogP contribution is -2.32. The molecule has 14 heavy (non-hydrogen) atoms. The van der Waals surface area contributed by atoms with E-state index in [0.717, 1.165) is 5.56 Å². The number of benzene rings is 1. The highest BCUT2D eigenvalue weighted by atomic mass is 35.5. The molecule has 0 radical (unpaired) electrons. The van der Waals surface area contributed by atoms with Crippen molar-refractivity contribution in [3.05, 3.63) is 29.8 Å². The minimum Gasteiger partial charge on any atom is -0.508 e.